The topological polar surface area (TPSA) is 26.2 Å². The summed E-state index contributed by atoms with van der Waals surface area (Å²) in [6.45, 7) is 4.28. The first kappa shape index (κ1) is 11.4. The minimum Gasteiger partial charge on any atom is -0.495 e. The molecule has 0 fully saturated rings. The number of nitrogens with one attached hydrogen (secondary N) is 1. The SMILES string of the molecule is COc1cc(C)cc2c3c4n(c12)CCNC4CCC3. The normalized spacial score (nSPS) is 21.5. The minimum absolute atomic E-state index is 0.551. The lowest BCUT2D eigenvalue weighted by Gasteiger charge is -2.31. The molecule has 1 N–H and O–H groups in total. The number of hydrogen-bond donors (Lipinski definition) is 1. The van der Waals surface area contributed by atoms with Crippen molar-refractivity contribution in [3.8, 4) is 5.75 Å². The third kappa shape index (κ3) is 1.48. The van der Waals surface area contributed by atoms with Crippen molar-refractivity contribution in [3.63, 3.8) is 0 Å². The van der Waals surface area contributed by atoms with E-state index in [-0.39, 0.29) is 0 Å². The Labute approximate surface area is 113 Å². The summed E-state index contributed by atoms with van der Waals surface area (Å²) in [7, 11) is 1.78. The zero-order valence-corrected chi connectivity index (χ0v) is 11.6. The van der Waals surface area contributed by atoms with E-state index in [0.717, 1.165) is 18.8 Å². The summed E-state index contributed by atoms with van der Waals surface area (Å²) in [5, 5.41) is 5.09. The maximum absolute atomic E-state index is 5.65. The molecule has 1 aliphatic carbocycles. The molecule has 4 rings (SSSR count). The standard InChI is InChI=1S/C16H20N2O/c1-10-8-12-11-4-3-5-13-15(11)18(7-6-17-13)16(12)14(9-10)19-2/h8-9,13,17H,3-7H2,1-2H3. The van der Waals surface area contributed by atoms with Crippen LogP contribution in [-0.2, 0) is 13.0 Å². The molecule has 1 aromatic carbocycles. The number of benzene rings is 1. The highest BCUT2D eigenvalue weighted by molar-refractivity contribution is 5.91. The highest BCUT2D eigenvalue weighted by atomic mass is 16.5. The smallest absolute Gasteiger partial charge is 0.143 e. The molecule has 1 atom stereocenters. The van der Waals surface area contributed by atoms with Crippen molar-refractivity contribution < 1.29 is 4.74 Å². The van der Waals surface area contributed by atoms with Crippen LogP contribution < -0.4 is 10.1 Å². The number of rotatable bonds is 1. The summed E-state index contributed by atoms with van der Waals surface area (Å²) in [5.74, 6) is 1.03. The molecule has 1 aliphatic heterocycles. The number of fused-ring (bicyclic) bond motifs is 3. The minimum atomic E-state index is 0.551. The van der Waals surface area contributed by atoms with Crippen LogP contribution in [0, 0.1) is 6.92 Å². The van der Waals surface area contributed by atoms with E-state index in [0.29, 0.717) is 6.04 Å². The fraction of sp³-hybridized carbons (Fsp3) is 0.500. The third-order valence-electron chi connectivity index (χ3n) is 4.61. The van der Waals surface area contributed by atoms with Gasteiger partial charge in [0.25, 0.3) is 0 Å². The number of aromatic nitrogens is 1. The lowest BCUT2D eigenvalue weighted by atomic mass is 9.90. The van der Waals surface area contributed by atoms with E-state index < -0.39 is 0 Å². The highest BCUT2D eigenvalue weighted by Gasteiger charge is 2.30. The molecule has 100 valence electrons. The Balaban J connectivity index is 2.13. The molecule has 2 aromatic rings. The Bertz CT molecular complexity index is 655. The van der Waals surface area contributed by atoms with E-state index in [4.69, 9.17) is 4.74 Å². The predicted octanol–water partition coefficient (Wildman–Crippen LogP) is 2.94. The summed E-state index contributed by atoms with van der Waals surface area (Å²) in [6, 6.07) is 5.05. The number of ether oxygens (including phenoxy) is 1. The van der Waals surface area contributed by atoms with Gasteiger partial charge in [-0.25, -0.2) is 0 Å². The predicted molar refractivity (Wildman–Crippen MR) is 76.9 cm³/mol. The molecule has 0 bridgehead atoms. The van der Waals surface area contributed by atoms with Crippen LogP contribution in [0.15, 0.2) is 12.1 Å². The van der Waals surface area contributed by atoms with Crippen molar-refractivity contribution in [3.05, 3.63) is 29.0 Å². The molecule has 3 nitrogen and oxygen atoms in total. The largest absolute Gasteiger partial charge is 0.495 e. The van der Waals surface area contributed by atoms with Crippen molar-refractivity contribution in [1.29, 1.82) is 0 Å². The Kier molecular flexibility index (Phi) is 2.39. The molecule has 0 saturated heterocycles. The summed E-state index contributed by atoms with van der Waals surface area (Å²) in [6.07, 6.45) is 3.77. The Morgan fingerprint density at radius 3 is 3.11 bits per heavy atom. The van der Waals surface area contributed by atoms with E-state index in [1.807, 2.05) is 0 Å². The Hall–Kier alpha value is -1.48. The molecule has 0 saturated carbocycles. The maximum atomic E-state index is 5.65. The summed E-state index contributed by atoms with van der Waals surface area (Å²) < 4.78 is 8.15. The van der Waals surface area contributed by atoms with Crippen LogP contribution in [0.2, 0.25) is 0 Å². The fourth-order valence-electron chi connectivity index (χ4n) is 3.89. The van der Waals surface area contributed by atoms with Gasteiger partial charge in [0.2, 0.25) is 0 Å². The van der Waals surface area contributed by atoms with Crippen LogP contribution in [0.1, 0.15) is 35.7 Å². The van der Waals surface area contributed by atoms with Crippen LogP contribution in [0.25, 0.3) is 10.9 Å². The van der Waals surface area contributed by atoms with Gasteiger partial charge in [-0.2, -0.15) is 0 Å². The molecule has 0 spiro atoms. The van der Waals surface area contributed by atoms with E-state index in [2.05, 4.69) is 28.9 Å². The van der Waals surface area contributed by atoms with Crippen molar-refractivity contribution in [1.82, 2.24) is 9.88 Å². The second-order valence-corrected chi connectivity index (χ2v) is 5.78. The van der Waals surface area contributed by atoms with Crippen LogP contribution in [0.3, 0.4) is 0 Å². The van der Waals surface area contributed by atoms with Gasteiger partial charge in [-0.3, -0.25) is 0 Å². The van der Waals surface area contributed by atoms with Crippen molar-refractivity contribution in [2.24, 2.45) is 0 Å². The van der Waals surface area contributed by atoms with Gasteiger partial charge in [-0.05, 0) is 49.4 Å². The Morgan fingerprint density at radius 2 is 2.26 bits per heavy atom. The van der Waals surface area contributed by atoms with Crippen molar-refractivity contribution in [2.45, 2.75) is 38.8 Å². The zero-order valence-electron chi connectivity index (χ0n) is 11.6. The summed E-state index contributed by atoms with van der Waals surface area (Å²) in [5.41, 5.74) is 5.68. The molecular formula is C16H20N2O. The van der Waals surface area contributed by atoms with Gasteiger partial charge in [0.05, 0.1) is 12.6 Å². The molecule has 3 heteroatoms. The zero-order chi connectivity index (χ0) is 13.0. The third-order valence-corrected chi connectivity index (χ3v) is 4.61. The molecular weight excluding hydrogens is 236 g/mol. The van der Waals surface area contributed by atoms with E-state index in [1.54, 1.807) is 12.7 Å². The van der Waals surface area contributed by atoms with Gasteiger partial charge < -0.3 is 14.6 Å². The number of nitrogens with zero attached hydrogens (tertiary/aromatic N) is 1. The van der Waals surface area contributed by atoms with Crippen molar-refractivity contribution in [2.75, 3.05) is 13.7 Å². The monoisotopic (exact) mass is 256 g/mol. The maximum Gasteiger partial charge on any atom is 0.143 e. The highest BCUT2D eigenvalue weighted by Crippen LogP contribution is 2.42. The van der Waals surface area contributed by atoms with E-state index >= 15 is 0 Å². The number of hydrogen-bond acceptors (Lipinski definition) is 2. The quantitative estimate of drug-likeness (QED) is 0.849. The van der Waals surface area contributed by atoms with Crippen LogP contribution >= 0.6 is 0 Å². The average molecular weight is 256 g/mol. The van der Waals surface area contributed by atoms with Gasteiger partial charge in [-0.1, -0.05) is 0 Å². The van der Waals surface area contributed by atoms with Crippen molar-refractivity contribution >= 4 is 10.9 Å². The van der Waals surface area contributed by atoms with Gasteiger partial charge in [0.1, 0.15) is 5.75 Å². The van der Waals surface area contributed by atoms with Crippen LogP contribution in [0.5, 0.6) is 5.75 Å². The number of aryl methyl sites for hydroxylation is 2. The molecule has 2 heterocycles. The fourth-order valence-corrected chi connectivity index (χ4v) is 3.89. The molecule has 1 aromatic heterocycles. The Morgan fingerprint density at radius 1 is 1.37 bits per heavy atom. The number of methoxy groups -OCH3 is 1. The molecule has 1 unspecified atom stereocenters. The molecule has 0 amide bonds. The van der Waals surface area contributed by atoms with Gasteiger partial charge in [0, 0.05) is 30.2 Å². The van der Waals surface area contributed by atoms with E-state index in [1.165, 1.54) is 41.4 Å². The lowest BCUT2D eigenvalue weighted by molar-refractivity contribution is 0.379. The van der Waals surface area contributed by atoms with Crippen LogP contribution in [-0.4, -0.2) is 18.2 Å². The molecule has 19 heavy (non-hydrogen) atoms. The summed E-state index contributed by atoms with van der Waals surface area (Å²) in [4.78, 5) is 0. The average Bonchev–Trinajstić information content (AvgIpc) is 2.75. The molecule has 2 aliphatic rings. The van der Waals surface area contributed by atoms with Gasteiger partial charge in [-0.15, -0.1) is 0 Å². The lowest BCUT2D eigenvalue weighted by Crippen LogP contribution is -2.35. The first-order valence-corrected chi connectivity index (χ1v) is 7.22. The van der Waals surface area contributed by atoms with Crippen LogP contribution in [0.4, 0.5) is 0 Å². The summed E-state index contributed by atoms with van der Waals surface area (Å²) >= 11 is 0. The second kappa shape index (κ2) is 4.01. The first-order valence-electron chi connectivity index (χ1n) is 7.22. The van der Waals surface area contributed by atoms with Gasteiger partial charge in [0.15, 0.2) is 0 Å². The van der Waals surface area contributed by atoms with E-state index in [9.17, 15) is 0 Å². The molecule has 0 radical (unpaired) electrons. The van der Waals surface area contributed by atoms with Gasteiger partial charge >= 0.3 is 0 Å². The second-order valence-electron chi connectivity index (χ2n) is 5.78. The first-order chi connectivity index (χ1) is 9.29.